The van der Waals surface area contributed by atoms with E-state index in [0.29, 0.717) is 18.8 Å². The molecule has 128 valence electrons. The smallest absolute Gasteiger partial charge is 0.336 e. The lowest BCUT2D eigenvalue weighted by Crippen LogP contribution is -2.44. The summed E-state index contributed by atoms with van der Waals surface area (Å²) in [5, 5.41) is 1.03. The normalized spacial score (nSPS) is 20.9. The maximum atomic E-state index is 11.9. The highest BCUT2D eigenvalue weighted by Crippen LogP contribution is 2.32. The summed E-state index contributed by atoms with van der Waals surface area (Å²) in [4.78, 5) is 14.3. The standard InChI is InChI=1S/C19H23NO4/c1-13-9-16-15(11-18(21)24-17(16)10-14(13)2)12-20-5-3-19(4-6-20)22-7-8-23-19/h9-11H,3-8,12H2,1-2H3. The molecule has 0 aliphatic carbocycles. The number of aryl methyl sites for hydroxylation is 2. The van der Waals surface area contributed by atoms with Crippen LogP contribution in [0.5, 0.6) is 0 Å². The number of hydrogen-bond acceptors (Lipinski definition) is 5. The van der Waals surface area contributed by atoms with Gasteiger partial charge in [0.15, 0.2) is 5.79 Å². The predicted octanol–water partition coefficient (Wildman–Crippen LogP) is 2.75. The summed E-state index contributed by atoms with van der Waals surface area (Å²) in [6.45, 7) is 8.09. The minimum Gasteiger partial charge on any atom is -0.423 e. The Morgan fingerprint density at radius 2 is 1.71 bits per heavy atom. The molecule has 24 heavy (non-hydrogen) atoms. The zero-order chi connectivity index (χ0) is 16.7. The summed E-state index contributed by atoms with van der Waals surface area (Å²) in [5.41, 5.74) is 3.78. The fraction of sp³-hybridized carbons (Fsp3) is 0.526. The number of fused-ring (bicyclic) bond motifs is 1. The lowest BCUT2D eigenvalue weighted by molar-refractivity contribution is -0.185. The molecular formula is C19H23NO4. The maximum Gasteiger partial charge on any atom is 0.336 e. The van der Waals surface area contributed by atoms with Crippen LogP contribution in [0.1, 0.15) is 29.5 Å². The fourth-order valence-electron chi connectivity index (χ4n) is 3.69. The van der Waals surface area contributed by atoms with E-state index >= 15 is 0 Å². The zero-order valence-electron chi connectivity index (χ0n) is 14.3. The first-order valence-corrected chi connectivity index (χ1v) is 8.59. The third-order valence-corrected chi connectivity index (χ3v) is 5.27. The molecule has 2 aliphatic rings. The van der Waals surface area contributed by atoms with Gasteiger partial charge in [-0.2, -0.15) is 0 Å². The molecule has 1 spiro atoms. The first-order valence-electron chi connectivity index (χ1n) is 8.59. The van der Waals surface area contributed by atoms with Crippen molar-refractivity contribution < 1.29 is 13.9 Å². The van der Waals surface area contributed by atoms with E-state index in [1.165, 1.54) is 5.56 Å². The van der Waals surface area contributed by atoms with E-state index in [4.69, 9.17) is 13.9 Å². The second kappa shape index (κ2) is 5.99. The monoisotopic (exact) mass is 329 g/mol. The number of piperidine rings is 1. The summed E-state index contributed by atoms with van der Waals surface area (Å²) in [7, 11) is 0. The number of ether oxygens (including phenoxy) is 2. The van der Waals surface area contributed by atoms with Crippen molar-refractivity contribution in [3.8, 4) is 0 Å². The van der Waals surface area contributed by atoms with Gasteiger partial charge < -0.3 is 13.9 Å². The van der Waals surface area contributed by atoms with Gasteiger partial charge in [-0.3, -0.25) is 4.90 Å². The molecule has 0 saturated carbocycles. The quantitative estimate of drug-likeness (QED) is 0.793. The molecule has 2 aromatic rings. The minimum absolute atomic E-state index is 0.281. The number of rotatable bonds is 2. The molecule has 1 aromatic carbocycles. The Morgan fingerprint density at radius 3 is 2.42 bits per heavy atom. The number of hydrogen-bond donors (Lipinski definition) is 0. The summed E-state index contributed by atoms with van der Waals surface area (Å²) in [5.74, 6) is -0.359. The lowest BCUT2D eigenvalue weighted by Gasteiger charge is -2.37. The number of likely N-dealkylation sites (tertiary alicyclic amines) is 1. The van der Waals surface area contributed by atoms with Crippen molar-refractivity contribution >= 4 is 11.0 Å². The van der Waals surface area contributed by atoms with Crippen LogP contribution in [-0.2, 0) is 16.0 Å². The van der Waals surface area contributed by atoms with Crippen LogP contribution < -0.4 is 5.63 Å². The van der Waals surface area contributed by atoms with Gasteiger partial charge in [0.25, 0.3) is 0 Å². The zero-order valence-corrected chi connectivity index (χ0v) is 14.3. The van der Waals surface area contributed by atoms with Crippen LogP contribution in [0.25, 0.3) is 11.0 Å². The summed E-state index contributed by atoms with van der Waals surface area (Å²) in [6, 6.07) is 5.71. The third-order valence-electron chi connectivity index (χ3n) is 5.27. The first kappa shape index (κ1) is 15.8. The first-order chi connectivity index (χ1) is 11.5. The maximum absolute atomic E-state index is 11.9. The van der Waals surface area contributed by atoms with E-state index in [1.807, 2.05) is 13.0 Å². The summed E-state index contributed by atoms with van der Waals surface area (Å²) >= 11 is 0. The second-order valence-electron chi connectivity index (χ2n) is 6.91. The average molecular weight is 329 g/mol. The highest BCUT2D eigenvalue weighted by Gasteiger charge is 2.39. The van der Waals surface area contributed by atoms with Crippen LogP contribution >= 0.6 is 0 Å². The van der Waals surface area contributed by atoms with Crippen molar-refractivity contribution in [2.24, 2.45) is 0 Å². The van der Waals surface area contributed by atoms with E-state index < -0.39 is 0 Å². The predicted molar refractivity (Wildman–Crippen MR) is 91.1 cm³/mol. The average Bonchev–Trinajstić information content (AvgIpc) is 3.00. The van der Waals surface area contributed by atoms with Crippen LogP contribution in [0.3, 0.4) is 0 Å². The Kier molecular flexibility index (Phi) is 3.95. The fourth-order valence-corrected chi connectivity index (χ4v) is 3.69. The van der Waals surface area contributed by atoms with Crippen molar-refractivity contribution in [3.05, 3.63) is 45.3 Å². The third kappa shape index (κ3) is 2.88. The van der Waals surface area contributed by atoms with Crippen LogP contribution in [0, 0.1) is 13.8 Å². The molecule has 2 saturated heterocycles. The minimum atomic E-state index is -0.359. The van der Waals surface area contributed by atoms with Crippen molar-refractivity contribution in [2.75, 3.05) is 26.3 Å². The van der Waals surface area contributed by atoms with Gasteiger partial charge in [-0.15, -0.1) is 0 Å². The molecule has 4 rings (SSSR count). The Hall–Kier alpha value is -1.69. The largest absolute Gasteiger partial charge is 0.423 e. The molecule has 0 atom stereocenters. The van der Waals surface area contributed by atoms with Crippen LogP contribution in [-0.4, -0.2) is 37.0 Å². The molecule has 0 amide bonds. The van der Waals surface area contributed by atoms with Crippen LogP contribution in [0.2, 0.25) is 0 Å². The number of nitrogens with zero attached hydrogens (tertiary/aromatic N) is 1. The summed E-state index contributed by atoms with van der Waals surface area (Å²) < 4.78 is 17.0. The van der Waals surface area contributed by atoms with Crippen molar-refractivity contribution in [2.45, 2.75) is 39.0 Å². The SMILES string of the molecule is Cc1cc2oc(=O)cc(CN3CCC4(CC3)OCCO4)c2cc1C. The van der Waals surface area contributed by atoms with E-state index in [1.54, 1.807) is 6.07 Å². The molecule has 0 bridgehead atoms. The molecule has 5 nitrogen and oxygen atoms in total. The van der Waals surface area contributed by atoms with Gasteiger partial charge in [-0.05, 0) is 42.7 Å². The highest BCUT2D eigenvalue weighted by atomic mass is 16.7. The van der Waals surface area contributed by atoms with Gasteiger partial charge in [0.2, 0.25) is 0 Å². The van der Waals surface area contributed by atoms with Crippen molar-refractivity contribution in [1.29, 1.82) is 0 Å². The topological polar surface area (TPSA) is 51.9 Å². The van der Waals surface area contributed by atoms with Gasteiger partial charge in [0.1, 0.15) is 5.58 Å². The van der Waals surface area contributed by atoms with Gasteiger partial charge >= 0.3 is 5.63 Å². The number of benzene rings is 1. The molecule has 2 aliphatic heterocycles. The van der Waals surface area contributed by atoms with Crippen LogP contribution in [0.15, 0.2) is 27.4 Å². The van der Waals surface area contributed by atoms with Gasteiger partial charge in [0, 0.05) is 43.9 Å². The van der Waals surface area contributed by atoms with Crippen molar-refractivity contribution in [3.63, 3.8) is 0 Å². The van der Waals surface area contributed by atoms with E-state index in [2.05, 4.69) is 17.9 Å². The molecule has 2 fully saturated rings. The molecule has 0 radical (unpaired) electrons. The summed E-state index contributed by atoms with van der Waals surface area (Å²) in [6.07, 6.45) is 1.76. The van der Waals surface area contributed by atoms with E-state index in [9.17, 15) is 4.79 Å². The van der Waals surface area contributed by atoms with E-state index in [-0.39, 0.29) is 11.4 Å². The van der Waals surface area contributed by atoms with Crippen LogP contribution in [0.4, 0.5) is 0 Å². The Morgan fingerprint density at radius 1 is 1.04 bits per heavy atom. The lowest BCUT2D eigenvalue weighted by atomic mass is 10.0. The van der Waals surface area contributed by atoms with Gasteiger partial charge in [-0.1, -0.05) is 0 Å². The van der Waals surface area contributed by atoms with Gasteiger partial charge in [0.05, 0.1) is 13.2 Å². The molecular weight excluding hydrogens is 306 g/mol. The van der Waals surface area contributed by atoms with E-state index in [0.717, 1.165) is 49.0 Å². The molecule has 5 heteroatoms. The molecule has 0 unspecified atom stereocenters. The molecule has 3 heterocycles. The molecule has 0 N–H and O–H groups in total. The Bertz CT molecular complexity index is 810. The van der Waals surface area contributed by atoms with Gasteiger partial charge in [-0.25, -0.2) is 4.79 Å². The molecule has 1 aromatic heterocycles. The second-order valence-corrected chi connectivity index (χ2v) is 6.91. The Labute approximate surface area is 141 Å². The Balaban J connectivity index is 1.58. The highest BCUT2D eigenvalue weighted by molar-refractivity contribution is 5.81. The van der Waals surface area contributed by atoms with Crippen molar-refractivity contribution in [1.82, 2.24) is 4.90 Å².